The molecule has 4 heteroatoms. The maximum Gasteiger partial charge on any atom is 0.309 e. The van der Waals surface area contributed by atoms with Crippen LogP contribution in [0.15, 0.2) is 0 Å². The molecule has 2 rings (SSSR count). The molecular weight excluding hydrogens is 148 g/mol. The molecule has 0 aromatic rings. The third-order valence-corrected chi connectivity index (χ3v) is 2.43. The minimum absolute atomic E-state index is 0.0532. The highest BCUT2D eigenvalue weighted by molar-refractivity contribution is 5.75. The van der Waals surface area contributed by atoms with Gasteiger partial charge >= 0.3 is 5.97 Å². The molecule has 1 N–H and O–H groups in total. The van der Waals surface area contributed by atoms with Gasteiger partial charge in [0.15, 0.2) is 12.4 Å². The standard InChI is InChI=1S/C7H10O4/c1-3-4-2-10-7(9)5(4)11-6(3)8/h3-5,7,9H,2H2,1H3. The summed E-state index contributed by atoms with van der Waals surface area (Å²) in [5.41, 5.74) is 0. The van der Waals surface area contributed by atoms with Crippen LogP contribution in [0.4, 0.5) is 0 Å². The van der Waals surface area contributed by atoms with Gasteiger partial charge in [-0.25, -0.2) is 0 Å². The van der Waals surface area contributed by atoms with E-state index in [9.17, 15) is 4.79 Å². The first kappa shape index (κ1) is 7.06. The van der Waals surface area contributed by atoms with E-state index in [4.69, 9.17) is 14.6 Å². The van der Waals surface area contributed by atoms with E-state index >= 15 is 0 Å². The van der Waals surface area contributed by atoms with E-state index in [1.807, 2.05) is 0 Å². The summed E-state index contributed by atoms with van der Waals surface area (Å²) in [6.07, 6.45) is -1.33. The fourth-order valence-corrected chi connectivity index (χ4v) is 1.60. The number of hydrogen-bond donors (Lipinski definition) is 1. The molecule has 2 aliphatic heterocycles. The zero-order valence-electron chi connectivity index (χ0n) is 6.19. The van der Waals surface area contributed by atoms with Crippen LogP contribution in [0.5, 0.6) is 0 Å². The summed E-state index contributed by atoms with van der Waals surface area (Å²) >= 11 is 0. The van der Waals surface area contributed by atoms with E-state index < -0.39 is 12.4 Å². The second-order valence-electron chi connectivity index (χ2n) is 3.08. The molecule has 0 amide bonds. The van der Waals surface area contributed by atoms with Gasteiger partial charge in [-0.15, -0.1) is 0 Å². The van der Waals surface area contributed by atoms with Gasteiger partial charge in [-0.3, -0.25) is 4.79 Å². The highest BCUT2D eigenvalue weighted by Gasteiger charge is 2.50. The third-order valence-electron chi connectivity index (χ3n) is 2.43. The summed E-state index contributed by atoms with van der Waals surface area (Å²) in [7, 11) is 0. The second-order valence-corrected chi connectivity index (χ2v) is 3.08. The fourth-order valence-electron chi connectivity index (χ4n) is 1.60. The molecule has 0 aliphatic carbocycles. The number of hydrogen-bond acceptors (Lipinski definition) is 4. The number of carbonyl (C=O) groups excluding carboxylic acids is 1. The summed E-state index contributed by atoms with van der Waals surface area (Å²) < 4.78 is 9.81. The molecule has 4 atom stereocenters. The van der Waals surface area contributed by atoms with Gasteiger partial charge in [-0.2, -0.15) is 0 Å². The average Bonchev–Trinajstić information content (AvgIpc) is 2.43. The van der Waals surface area contributed by atoms with Crippen molar-refractivity contribution in [2.45, 2.75) is 19.3 Å². The van der Waals surface area contributed by atoms with Crippen molar-refractivity contribution in [1.29, 1.82) is 0 Å². The molecule has 0 bridgehead atoms. The Morgan fingerprint density at radius 2 is 2.36 bits per heavy atom. The van der Waals surface area contributed by atoms with Crippen molar-refractivity contribution in [3.05, 3.63) is 0 Å². The highest BCUT2D eigenvalue weighted by atomic mass is 16.7. The monoisotopic (exact) mass is 158 g/mol. The summed E-state index contributed by atoms with van der Waals surface area (Å²) in [4.78, 5) is 10.9. The Balaban J connectivity index is 2.18. The third kappa shape index (κ3) is 0.862. The quantitative estimate of drug-likeness (QED) is 0.483. The van der Waals surface area contributed by atoms with Crippen LogP contribution in [0.2, 0.25) is 0 Å². The number of rotatable bonds is 0. The molecule has 2 aliphatic rings. The van der Waals surface area contributed by atoms with Crippen LogP contribution in [-0.4, -0.2) is 30.1 Å². The van der Waals surface area contributed by atoms with Crippen molar-refractivity contribution in [2.75, 3.05) is 6.61 Å². The summed E-state index contributed by atoms with van der Waals surface area (Å²) in [5, 5.41) is 9.14. The Morgan fingerprint density at radius 3 is 3.00 bits per heavy atom. The number of fused-ring (bicyclic) bond motifs is 1. The number of esters is 1. The van der Waals surface area contributed by atoms with Crippen molar-refractivity contribution in [2.24, 2.45) is 11.8 Å². The van der Waals surface area contributed by atoms with Crippen LogP contribution in [0, 0.1) is 11.8 Å². The van der Waals surface area contributed by atoms with E-state index in [0.717, 1.165) is 0 Å². The Bertz CT molecular complexity index is 191. The van der Waals surface area contributed by atoms with Crippen LogP contribution in [0.1, 0.15) is 6.92 Å². The lowest BCUT2D eigenvalue weighted by atomic mass is 9.94. The van der Waals surface area contributed by atoms with Gasteiger partial charge in [-0.05, 0) is 0 Å². The molecular formula is C7H10O4. The largest absolute Gasteiger partial charge is 0.456 e. The molecule has 2 saturated heterocycles. The summed E-state index contributed by atoms with van der Waals surface area (Å²) in [5.74, 6) is -0.294. The van der Waals surface area contributed by atoms with Crippen LogP contribution >= 0.6 is 0 Å². The topological polar surface area (TPSA) is 55.8 Å². The smallest absolute Gasteiger partial charge is 0.309 e. The molecule has 2 fully saturated rings. The number of ether oxygens (including phenoxy) is 2. The Morgan fingerprint density at radius 1 is 1.64 bits per heavy atom. The molecule has 0 spiro atoms. The number of aliphatic hydroxyl groups is 1. The second kappa shape index (κ2) is 2.19. The van der Waals surface area contributed by atoms with Crippen LogP contribution in [0.3, 0.4) is 0 Å². The SMILES string of the molecule is CC1C(=O)OC2C(O)OCC12. The van der Waals surface area contributed by atoms with Crippen molar-refractivity contribution >= 4 is 5.97 Å². The lowest BCUT2D eigenvalue weighted by Gasteiger charge is -2.08. The van der Waals surface area contributed by atoms with Gasteiger partial charge in [0, 0.05) is 5.92 Å². The fraction of sp³-hybridized carbons (Fsp3) is 0.857. The lowest BCUT2D eigenvalue weighted by Crippen LogP contribution is -2.24. The van der Waals surface area contributed by atoms with Crippen molar-refractivity contribution in [3.8, 4) is 0 Å². The maximum absolute atomic E-state index is 10.9. The molecule has 62 valence electrons. The number of aliphatic hydroxyl groups excluding tert-OH is 1. The molecule has 11 heavy (non-hydrogen) atoms. The van der Waals surface area contributed by atoms with E-state index in [2.05, 4.69) is 0 Å². The van der Waals surface area contributed by atoms with Gasteiger partial charge < -0.3 is 14.6 Å². The van der Waals surface area contributed by atoms with Gasteiger partial charge in [0.25, 0.3) is 0 Å². The van der Waals surface area contributed by atoms with E-state index in [1.165, 1.54) is 0 Å². The first-order valence-electron chi connectivity index (χ1n) is 3.70. The normalized spacial score (nSPS) is 49.1. The molecule has 4 unspecified atom stereocenters. The van der Waals surface area contributed by atoms with Crippen molar-refractivity contribution in [1.82, 2.24) is 0 Å². The summed E-state index contributed by atoms with van der Waals surface area (Å²) in [6.45, 7) is 2.23. The highest BCUT2D eigenvalue weighted by Crippen LogP contribution is 2.35. The van der Waals surface area contributed by atoms with Crippen LogP contribution < -0.4 is 0 Å². The first-order chi connectivity index (χ1) is 5.20. The zero-order valence-corrected chi connectivity index (χ0v) is 6.19. The Labute approximate surface area is 64.1 Å². The lowest BCUT2D eigenvalue weighted by molar-refractivity contribution is -0.161. The van der Waals surface area contributed by atoms with Gasteiger partial charge in [0.05, 0.1) is 12.5 Å². The molecule has 0 saturated carbocycles. The van der Waals surface area contributed by atoms with Gasteiger partial charge in [0.1, 0.15) is 0 Å². The van der Waals surface area contributed by atoms with Gasteiger partial charge in [-0.1, -0.05) is 6.92 Å². The minimum atomic E-state index is -0.908. The predicted molar refractivity (Wildman–Crippen MR) is 34.5 cm³/mol. The molecule has 0 aromatic heterocycles. The maximum atomic E-state index is 10.9. The molecule has 0 radical (unpaired) electrons. The van der Waals surface area contributed by atoms with Crippen molar-refractivity contribution in [3.63, 3.8) is 0 Å². The Kier molecular flexibility index (Phi) is 1.40. The number of carbonyl (C=O) groups is 1. The van der Waals surface area contributed by atoms with E-state index in [0.29, 0.717) is 6.61 Å². The minimum Gasteiger partial charge on any atom is -0.456 e. The van der Waals surface area contributed by atoms with E-state index in [1.54, 1.807) is 6.92 Å². The first-order valence-corrected chi connectivity index (χ1v) is 3.70. The van der Waals surface area contributed by atoms with Gasteiger partial charge in [0.2, 0.25) is 0 Å². The predicted octanol–water partition coefficient (Wildman–Crippen LogP) is -0.487. The van der Waals surface area contributed by atoms with Crippen molar-refractivity contribution < 1.29 is 19.4 Å². The Hall–Kier alpha value is -0.610. The van der Waals surface area contributed by atoms with Crippen LogP contribution in [-0.2, 0) is 14.3 Å². The zero-order chi connectivity index (χ0) is 8.01. The molecule has 0 aromatic carbocycles. The van der Waals surface area contributed by atoms with Crippen LogP contribution in [0.25, 0.3) is 0 Å². The molecule has 2 heterocycles. The molecule has 4 nitrogen and oxygen atoms in total. The average molecular weight is 158 g/mol. The summed E-state index contributed by atoms with van der Waals surface area (Å²) in [6, 6.07) is 0. The van der Waals surface area contributed by atoms with E-state index in [-0.39, 0.29) is 17.8 Å².